The van der Waals surface area contributed by atoms with Gasteiger partial charge in [0, 0.05) is 33.3 Å². The van der Waals surface area contributed by atoms with E-state index in [9.17, 15) is 19.2 Å². The van der Waals surface area contributed by atoms with E-state index in [1.54, 1.807) is 31.4 Å². The van der Waals surface area contributed by atoms with Gasteiger partial charge >= 0.3 is 23.9 Å². The third-order valence-corrected chi connectivity index (χ3v) is 6.28. The van der Waals surface area contributed by atoms with Crippen molar-refractivity contribution in [1.29, 1.82) is 0 Å². The maximum atomic E-state index is 12.0. The van der Waals surface area contributed by atoms with Crippen molar-refractivity contribution in [3.05, 3.63) is 24.3 Å². The number of methoxy groups -OCH3 is 1. The minimum atomic E-state index is -1.30. The van der Waals surface area contributed by atoms with Gasteiger partial charge < -0.3 is 34.3 Å². The first-order valence-electron chi connectivity index (χ1n) is 11.3. The summed E-state index contributed by atoms with van der Waals surface area (Å²) in [6, 6.07) is 6.95. The van der Waals surface area contributed by atoms with Crippen LogP contribution in [-0.2, 0) is 42.9 Å². The number of benzene rings is 1. The lowest BCUT2D eigenvalue weighted by atomic mass is 9.99. The van der Waals surface area contributed by atoms with Crippen molar-refractivity contribution in [3.63, 3.8) is 0 Å². The molecule has 15 heteroatoms. The number of thioether (sulfide) groups is 1. The lowest BCUT2D eigenvalue weighted by molar-refractivity contribution is -0.237. The van der Waals surface area contributed by atoms with E-state index in [0.717, 1.165) is 32.5 Å². The van der Waals surface area contributed by atoms with Crippen LogP contribution >= 0.6 is 11.8 Å². The molecule has 0 bridgehead atoms. The molecule has 5 atom stereocenters. The highest BCUT2D eigenvalue weighted by Gasteiger charge is 2.52. The minimum Gasteiger partial charge on any atom is -0.497 e. The number of esters is 4. The highest BCUT2D eigenvalue weighted by atomic mass is 32.2. The van der Waals surface area contributed by atoms with Gasteiger partial charge in [0.1, 0.15) is 18.5 Å². The van der Waals surface area contributed by atoms with Gasteiger partial charge in [0.25, 0.3) is 0 Å². The number of ether oxygens (including phenoxy) is 6. The summed E-state index contributed by atoms with van der Waals surface area (Å²) in [5.74, 6) is 4.45. The van der Waals surface area contributed by atoms with Crippen molar-refractivity contribution in [3.8, 4) is 17.1 Å². The Morgan fingerprint density at radius 2 is 1.47 bits per heavy atom. The second-order valence-corrected chi connectivity index (χ2v) is 9.16. The van der Waals surface area contributed by atoms with E-state index < -0.39 is 53.7 Å². The van der Waals surface area contributed by atoms with E-state index in [2.05, 4.69) is 10.2 Å². The Balaban J connectivity index is 1.98. The molecule has 0 saturated carbocycles. The van der Waals surface area contributed by atoms with Crippen LogP contribution in [0.1, 0.15) is 27.7 Å². The topological polar surface area (TPSA) is 180 Å². The second-order valence-electron chi connectivity index (χ2n) is 8.09. The maximum absolute atomic E-state index is 12.0. The van der Waals surface area contributed by atoms with Gasteiger partial charge in [-0.05, 0) is 36.0 Å². The number of hydrogen-bond acceptors (Lipinski definition) is 14. The number of carbonyl (C=O) groups excluding carboxylic acids is 4. The molecule has 0 spiro atoms. The fourth-order valence-electron chi connectivity index (χ4n) is 3.68. The average molecular weight is 553 g/mol. The van der Waals surface area contributed by atoms with Crippen molar-refractivity contribution in [2.75, 3.05) is 19.6 Å². The van der Waals surface area contributed by atoms with Gasteiger partial charge in [-0.3, -0.25) is 19.2 Å². The van der Waals surface area contributed by atoms with Gasteiger partial charge in [0.15, 0.2) is 29.6 Å². The van der Waals surface area contributed by atoms with E-state index in [-0.39, 0.29) is 11.8 Å². The third-order valence-electron chi connectivity index (χ3n) is 5.18. The van der Waals surface area contributed by atoms with Crippen LogP contribution in [0, 0.1) is 0 Å². The Labute approximate surface area is 222 Å². The molecule has 14 nitrogen and oxygen atoms in total. The number of hydrogen-bond donors (Lipinski definition) is 1. The Bertz CT molecular complexity index is 1170. The molecule has 1 saturated heterocycles. The van der Waals surface area contributed by atoms with Crippen LogP contribution in [0.25, 0.3) is 11.4 Å². The molecule has 2 heterocycles. The molecular weight excluding hydrogens is 524 g/mol. The lowest BCUT2D eigenvalue weighted by Gasteiger charge is -2.43. The Hall–Kier alpha value is -3.85. The molecule has 1 aromatic heterocycles. The lowest BCUT2D eigenvalue weighted by Crippen LogP contribution is -2.61. The molecule has 0 aliphatic carbocycles. The van der Waals surface area contributed by atoms with Crippen LogP contribution in [0.3, 0.4) is 0 Å². The summed E-state index contributed by atoms with van der Waals surface area (Å²) in [4.78, 5) is 47.3. The SMILES string of the molecule is COc1ccc(-c2nnc(S[C@@H]3O[C@H](COC(C)=O)[C@@H](OC(C)=O)[C@H](OC(C)=O)[C@H]3OC(C)=O)n2N)cc1. The van der Waals surface area contributed by atoms with Crippen LogP contribution in [0.15, 0.2) is 29.4 Å². The number of carbonyl (C=O) groups is 4. The van der Waals surface area contributed by atoms with Crippen molar-refractivity contribution in [2.45, 2.75) is 62.7 Å². The molecule has 0 unspecified atom stereocenters. The third kappa shape index (κ3) is 7.13. The minimum absolute atomic E-state index is 0.164. The molecule has 1 fully saturated rings. The molecule has 206 valence electrons. The first-order valence-corrected chi connectivity index (χ1v) is 12.2. The monoisotopic (exact) mass is 552 g/mol. The summed E-state index contributed by atoms with van der Waals surface area (Å²) >= 11 is 0.922. The zero-order valence-corrected chi connectivity index (χ0v) is 22.1. The molecule has 0 radical (unpaired) electrons. The van der Waals surface area contributed by atoms with Crippen LogP contribution in [0.4, 0.5) is 0 Å². The summed E-state index contributed by atoms with van der Waals surface area (Å²) in [5.41, 5.74) is -0.444. The van der Waals surface area contributed by atoms with Crippen molar-refractivity contribution >= 4 is 35.6 Å². The zero-order chi connectivity index (χ0) is 28.0. The van der Waals surface area contributed by atoms with E-state index in [4.69, 9.17) is 34.3 Å². The van der Waals surface area contributed by atoms with E-state index in [1.165, 1.54) is 11.6 Å². The molecule has 1 aromatic carbocycles. The van der Waals surface area contributed by atoms with Crippen molar-refractivity contribution < 1.29 is 47.6 Å². The van der Waals surface area contributed by atoms with E-state index in [1.807, 2.05) is 0 Å². The number of aromatic nitrogens is 3. The molecule has 0 amide bonds. The summed E-state index contributed by atoms with van der Waals surface area (Å²) in [5, 5.41) is 8.41. The first kappa shape index (κ1) is 28.7. The number of rotatable bonds is 9. The molecular formula is C23H28N4O10S. The van der Waals surface area contributed by atoms with Gasteiger partial charge in [-0.2, -0.15) is 0 Å². The van der Waals surface area contributed by atoms with Crippen LogP contribution in [0.2, 0.25) is 0 Å². The van der Waals surface area contributed by atoms with Gasteiger partial charge in [-0.1, -0.05) is 0 Å². The number of nitrogen functional groups attached to an aromatic ring is 1. The number of nitrogens with two attached hydrogens (primary N) is 1. The molecule has 3 rings (SSSR count). The fourth-order valence-corrected chi connectivity index (χ4v) is 4.72. The van der Waals surface area contributed by atoms with Crippen LogP contribution < -0.4 is 10.6 Å². The Morgan fingerprint density at radius 3 is 2.03 bits per heavy atom. The highest BCUT2D eigenvalue weighted by molar-refractivity contribution is 7.99. The quantitative estimate of drug-likeness (QED) is 0.262. The second kappa shape index (κ2) is 12.6. The normalized spacial score (nSPS) is 22.7. The molecule has 2 N–H and O–H groups in total. The molecule has 2 aromatic rings. The fraction of sp³-hybridized carbons (Fsp3) is 0.478. The predicted octanol–water partition coefficient (Wildman–Crippen LogP) is 0.843. The smallest absolute Gasteiger partial charge is 0.303 e. The maximum Gasteiger partial charge on any atom is 0.303 e. The molecule has 38 heavy (non-hydrogen) atoms. The van der Waals surface area contributed by atoms with Crippen LogP contribution in [0.5, 0.6) is 5.75 Å². The van der Waals surface area contributed by atoms with Crippen LogP contribution in [-0.4, -0.2) is 82.3 Å². The zero-order valence-electron chi connectivity index (χ0n) is 21.3. The summed E-state index contributed by atoms with van der Waals surface area (Å²) in [7, 11) is 1.54. The Kier molecular flexibility index (Phi) is 9.52. The van der Waals surface area contributed by atoms with Crippen molar-refractivity contribution in [2.24, 2.45) is 0 Å². The highest BCUT2D eigenvalue weighted by Crippen LogP contribution is 2.37. The van der Waals surface area contributed by atoms with Gasteiger partial charge in [-0.25, -0.2) is 4.68 Å². The summed E-state index contributed by atoms with van der Waals surface area (Å²) in [6.07, 6.45) is -4.92. The number of nitrogens with zero attached hydrogens (tertiary/aromatic N) is 3. The van der Waals surface area contributed by atoms with Gasteiger partial charge in [0.2, 0.25) is 5.16 Å². The largest absolute Gasteiger partial charge is 0.497 e. The standard InChI is InChI=1S/C23H28N4O10S/c1-11(28)33-10-17-18(34-12(2)29)19(35-13(3)30)20(36-14(4)31)22(37-17)38-23-26-25-21(27(23)24)15-6-8-16(32-5)9-7-15/h6-9,17-20,22H,10,24H2,1-5H3/t17-,18-,19+,20-,22+/m1/s1. The molecule has 1 aliphatic rings. The van der Waals surface area contributed by atoms with Gasteiger partial charge in [0.05, 0.1) is 7.11 Å². The van der Waals surface area contributed by atoms with Crippen molar-refractivity contribution in [1.82, 2.24) is 14.9 Å². The Morgan fingerprint density at radius 1 is 0.895 bits per heavy atom. The van der Waals surface area contributed by atoms with Gasteiger partial charge in [-0.15, -0.1) is 10.2 Å². The summed E-state index contributed by atoms with van der Waals surface area (Å²) < 4.78 is 33.8. The predicted molar refractivity (Wildman–Crippen MR) is 130 cm³/mol. The van der Waals surface area contributed by atoms with E-state index in [0.29, 0.717) is 17.1 Å². The molecule has 1 aliphatic heterocycles. The van der Waals surface area contributed by atoms with E-state index >= 15 is 0 Å². The average Bonchev–Trinajstić information content (AvgIpc) is 3.20. The first-order chi connectivity index (χ1) is 18.0. The summed E-state index contributed by atoms with van der Waals surface area (Å²) in [6.45, 7) is 4.30.